The molecule has 0 saturated carbocycles. The predicted octanol–water partition coefficient (Wildman–Crippen LogP) is 3.00. The Morgan fingerprint density at radius 2 is 1.96 bits per heavy atom. The summed E-state index contributed by atoms with van der Waals surface area (Å²) in [4.78, 5) is 27.2. The Labute approximate surface area is 147 Å². The molecule has 1 aliphatic heterocycles. The number of likely N-dealkylation sites (tertiary alicyclic amines) is 1. The second kappa shape index (κ2) is 8.92. The second-order valence-corrected chi connectivity index (χ2v) is 6.92. The molecule has 138 valence electrons. The van der Waals surface area contributed by atoms with Crippen LogP contribution in [-0.2, 0) is 16.0 Å². The van der Waals surface area contributed by atoms with Crippen LogP contribution in [-0.4, -0.2) is 48.8 Å². The Balaban J connectivity index is 1.80. The first-order valence-electron chi connectivity index (χ1n) is 8.78. The number of hydrogen-bond donors (Lipinski definition) is 0. The largest absolute Gasteiger partial charge is 0.349 e. The van der Waals surface area contributed by atoms with E-state index < -0.39 is 11.6 Å². The lowest BCUT2D eigenvalue weighted by Gasteiger charge is -2.33. The highest BCUT2D eigenvalue weighted by Gasteiger charge is 2.24. The first-order valence-corrected chi connectivity index (χ1v) is 8.78. The minimum atomic E-state index is -0.828. The predicted molar refractivity (Wildman–Crippen MR) is 91.9 cm³/mol. The number of carbonyl (C=O) groups excluding carboxylic acids is 2. The summed E-state index contributed by atoms with van der Waals surface area (Å²) in [5.41, 5.74) is 0.777. The molecule has 0 unspecified atom stereocenters. The monoisotopic (exact) mass is 352 g/mol. The first-order chi connectivity index (χ1) is 11.9. The van der Waals surface area contributed by atoms with Gasteiger partial charge in [0.25, 0.3) is 0 Å². The van der Waals surface area contributed by atoms with Crippen molar-refractivity contribution in [3.05, 3.63) is 35.4 Å². The van der Waals surface area contributed by atoms with Crippen molar-refractivity contribution in [2.45, 2.75) is 38.5 Å². The molecule has 2 amide bonds. The van der Waals surface area contributed by atoms with E-state index in [0.717, 1.165) is 37.4 Å². The molecular weight excluding hydrogens is 326 g/mol. The van der Waals surface area contributed by atoms with Crippen molar-refractivity contribution in [3.63, 3.8) is 0 Å². The van der Waals surface area contributed by atoms with Crippen molar-refractivity contribution < 1.29 is 18.4 Å². The minimum absolute atomic E-state index is 0.0210. The molecule has 0 spiro atoms. The van der Waals surface area contributed by atoms with Crippen LogP contribution in [0.25, 0.3) is 0 Å². The molecular formula is C19H26F2N2O2. The molecule has 1 heterocycles. The van der Waals surface area contributed by atoms with Crippen LogP contribution in [0.1, 0.15) is 37.7 Å². The molecule has 1 aromatic carbocycles. The lowest BCUT2D eigenvalue weighted by molar-refractivity contribution is -0.137. The fraction of sp³-hybridized carbons (Fsp3) is 0.579. The van der Waals surface area contributed by atoms with Crippen LogP contribution in [0.15, 0.2) is 18.2 Å². The average molecular weight is 352 g/mol. The van der Waals surface area contributed by atoms with Gasteiger partial charge in [-0.2, -0.15) is 0 Å². The molecule has 1 fully saturated rings. The molecule has 25 heavy (non-hydrogen) atoms. The van der Waals surface area contributed by atoms with E-state index in [4.69, 9.17) is 0 Å². The third kappa shape index (κ3) is 5.80. The number of rotatable bonds is 6. The molecule has 1 atom stereocenters. The van der Waals surface area contributed by atoms with Gasteiger partial charge in [0.1, 0.15) is 0 Å². The smallest absolute Gasteiger partial charge is 0.223 e. The van der Waals surface area contributed by atoms with E-state index in [-0.39, 0.29) is 24.7 Å². The Morgan fingerprint density at radius 3 is 2.64 bits per heavy atom. The number of benzene rings is 1. The zero-order valence-corrected chi connectivity index (χ0v) is 14.9. The van der Waals surface area contributed by atoms with E-state index in [2.05, 4.69) is 0 Å². The van der Waals surface area contributed by atoms with Crippen LogP contribution in [0, 0.1) is 17.6 Å². The summed E-state index contributed by atoms with van der Waals surface area (Å²) in [6.45, 7) is 1.41. The van der Waals surface area contributed by atoms with Gasteiger partial charge in [-0.15, -0.1) is 0 Å². The fourth-order valence-electron chi connectivity index (χ4n) is 3.19. The van der Waals surface area contributed by atoms with Gasteiger partial charge in [-0.05, 0) is 49.3 Å². The van der Waals surface area contributed by atoms with Gasteiger partial charge < -0.3 is 9.80 Å². The lowest BCUT2D eigenvalue weighted by atomic mass is 9.91. The molecule has 2 rings (SSSR count). The number of hydrogen-bond acceptors (Lipinski definition) is 2. The maximum atomic E-state index is 13.3. The Bertz CT molecular complexity index is 619. The first kappa shape index (κ1) is 19.3. The fourth-order valence-corrected chi connectivity index (χ4v) is 3.19. The van der Waals surface area contributed by atoms with Crippen LogP contribution in [0.2, 0.25) is 0 Å². The topological polar surface area (TPSA) is 40.6 Å². The van der Waals surface area contributed by atoms with E-state index in [9.17, 15) is 18.4 Å². The van der Waals surface area contributed by atoms with Gasteiger partial charge in [0.15, 0.2) is 11.6 Å². The summed E-state index contributed by atoms with van der Waals surface area (Å²) in [5.74, 6) is -1.31. The summed E-state index contributed by atoms with van der Waals surface area (Å²) in [7, 11) is 3.37. The van der Waals surface area contributed by atoms with Crippen molar-refractivity contribution in [1.29, 1.82) is 0 Å². The average Bonchev–Trinajstić information content (AvgIpc) is 2.60. The molecule has 0 bridgehead atoms. The SMILES string of the molecule is CN(C)C(=O)CCC(=O)N1CCC[C@@H](CCc2ccc(F)c(F)c2)C1. The molecule has 1 aromatic rings. The van der Waals surface area contributed by atoms with E-state index >= 15 is 0 Å². The van der Waals surface area contributed by atoms with E-state index in [1.54, 1.807) is 20.2 Å². The maximum absolute atomic E-state index is 13.3. The molecule has 0 aliphatic carbocycles. The van der Waals surface area contributed by atoms with Crippen LogP contribution in [0.4, 0.5) is 8.78 Å². The summed E-state index contributed by atoms with van der Waals surface area (Å²) in [6.07, 6.45) is 3.96. The lowest BCUT2D eigenvalue weighted by Crippen LogP contribution is -2.40. The molecule has 4 nitrogen and oxygen atoms in total. The summed E-state index contributed by atoms with van der Waals surface area (Å²) >= 11 is 0. The van der Waals surface area contributed by atoms with Crippen molar-refractivity contribution in [2.24, 2.45) is 5.92 Å². The highest BCUT2D eigenvalue weighted by molar-refractivity contribution is 5.83. The van der Waals surface area contributed by atoms with Crippen LogP contribution in [0.3, 0.4) is 0 Å². The third-order valence-corrected chi connectivity index (χ3v) is 4.75. The van der Waals surface area contributed by atoms with Gasteiger partial charge in [-0.3, -0.25) is 9.59 Å². The number of piperidine rings is 1. The molecule has 6 heteroatoms. The number of amides is 2. The van der Waals surface area contributed by atoms with Crippen LogP contribution in [0.5, 0.6) is 0 Å². The van der Waals surface area contributed by atoms with Gasteiger partial charge in [0, 0.05) is 40.0 Å². The normalized spacial score (nSPS) is 17.4. The molecule has 0 aromatic heterocycles. The van der Waals surface area contributed by atoms with Crippen molar-refractivity contribution in [2.75, 3.05) is 27.2 Å². The summed E-state index contributed by atoms with van der Waals surface area (Å²) < 4.78 is 26.2. The number of nitrogens with zero attached hydrogens (tertiary/aromatic N) is 2. The molecule has 1 aliphatic rings. The Morgan fingerprint density at radius 1 is 1.20 bits per heavy atom. The standard InChI is InChI=1S/C19H26F2N2O2/c1-22(2)18(24)9-10-19(25)23-11-3-4-15(13-23)6-5-14-7-8-16(20)17(21)12-14/h7-8,12,15H,3-6,9-11,13H2,1-2H3/t15-/m0/s1. The highest BCUT2D eigenvalue weighted by Crippen LogP contribution is 2.23. The zero-order valence-electron chi connectivity index (χ0n) is 14.9. The van der Waals surface area contributed by atoms with E-state index in [1.807, 2.05) is 4.90 Å². The van der Waals surface area contributed by atoms with Crippen molar-refractivity contribution in [1.82, 2.24) is 9.80 Å². The molecule has 0 radical (unpaired) electrons. The van der Waals surface area contributed by atoms with Gasteiger partial charge in [0.05, 0.1) is 0 Å². The van der Waals surface area contributed by atoms with Crippen LogP contribution < -0.4 is 0 Å². The van der Waals surface area contributed by atoms with Gasteiger partial charge in [-0.1, -0.05) is 6.07 Å². The van der Waals surface area contributed by atoms with Crippen molar-refractivity contribution >= 4 is 11.8 Å². The minimum Gasteiger partial charge on any atom is -0.349 e. The number of halogens is 2. The van der Waals surface area contributed by atoms with Gasteiger partial charge in [0.2, 0.25) is 11.8 Å². The second-order valence-electron chi connectivity index (χ2n) is 6.92. The number of carbonyl (C=O) groups is 2. The van der Waals surface area contributed by atoms with E-state index in [1.165, 1.54) is 11.0 Å². The maximum Gasteiger partial charge on any atom is 0.223 e. The Kier molecular flexibility index (Phi) is 6.91. The van der Waals surface area contributed by atoms with Gasteiger partial charge in [-0.25, -0.2) is 8.78 Å². The zero-order chi connectivity index (χ0) is 18.4. The summed E-state index contributed by atoms with van der Waals surface area (Å²) in [6, 6.07) is 4.01. The van der Waals surface area contributed by atoms with Crippen LogP contribution >= 0.6 is 0 Å². The van der Waals surface area contributed by atoms with Gasteiger partial charge >= 0.3 is 0 Å². The highest BCUT2D eigenvalue weighted by atomic mass is 19.2. The van der Waals surface area contributed by atoms with Crippen molar-refractivity contribution in [3.8, 4) is 0 Å². The quantitative estimate of drug-likeness (QED) is 0.790. The molecule has 1 saturated heterocycles. The molecule has 0 N–H and O–H groups in total. The third-order valence-electron chi connectivity index (χ3n) is 4.75. The van der Waals surface area contributed by atoms with E-state index in [0.29, 0.717) is 18.9 Å². The summed E-state index contributed by atoms with van der Waals surface area (Å²) in [5, 5.41) is 0. The Hall–Kier alpha value is -1.98. The number of aryl methyl sites for hydroxylation is 1.